The fourth-order valence-corrected chi connectivity index (χ4v) is 1.80. The Hall–Kier alpha value is -1.99. The van der Waals surface area contributed by atoms with Crippen LogP contribution in [0.25, 0.3) is 11.4 Å². The predicted octanol–water partition coefficient (Wildman–Crippen LogP) is 3.63. The third-order valence-corrected chi connectivity index (χ3v) is 3.09. The minimum absolute atomic E-state index is 0.187. The molecule has 9 heteroatoms. The van der Waals surface area contributed by atoms with Crippen LogP contribution >= 0.6 is 23.2 Å². The zero-order chi connectivity index (χ0) is 16.3. The van der Waals surface area contributed by atoms with Crippen molar-refractivity contribution >= 4 is 35.2 Å². The molecule has 0 aliphatic rings. The van der Waals surface area contributed by atoms with Crippen molar-refractivity contribution in [1.29, 1.82) is 0 Å². The SMILES string of the molecule is CC(C)(C)OC(=O)NNc1n[nH]c(-c2ccc(Cl)c(Cl)c2)n1. The summed E-state index contributed by atoms with van der Waals surface area (Å²) in [6, 6.07) is 5.07. The van der Waals surface area contributed by atoms with E-state index in [0.717, 1.165) is 0 Å². The van der Waals surface area contributed by atoms with Crippen LogP contribution in [0.2, 0.25) is 10.0 Å². The van der Waals surface area contributed by atoms with Gasteiger partial charge >= 0.3 is 6.09 Å². The van der Waals surface area contributed by atoms with Gasteiger partial charge in [0.15, 0.2) is 5.82 Å². The summed E-state index contributed by atoms with van der Waals surface area (Å²) in [6.07, 6.45) is -0.631. The summed E-state index contributed by atoms with van der Waals surface area (Å²) in [5.41, 5.74) is 5.01. The van der Waals surface area contributed by atoms with E-state index < -0.39 is 11.7 Å². The summed E-state index contributed by atoms with van der Waals surface area (Å²) in [4.78, 5) is 15.7. The first-order chi connectivity index (χ1) is 10.2. The quantitative estimate of drug-likeness (QED) is 0.740. The maximum Gasteiger partial charge on any atom is 0.426 e. The van der Waals surface area contributed by atoms with Crippen LogP contribution in [0.5, 0.6) is 0 Å². The summed E-state index contributed by atoms with van der Waals surface area (Å²) in [5.74, 6) is 0.666. The highest BCUT2D eigenvalue weighted by Crippen LogP contribution is 2.26. The minimum Gasteiger partial charge on any atom is -0.443 e. The fraction of sp³-hybridized carbons (Fsp3) is 0.308. The molecule has 7 nitrogen and oxygen atoms in total. The standard InChI is InChI=1S/C13H15Cl2N5O2/c1-13(2,3)22-12(21)20-19-11-16-10(17-18-11)7-4-5-8(14)9(15)6-7/h4-6H,1-3H3,(H,20,21)(H2,16,17,18,19). The minimum atomic E-state index is -0.631. The van der Waals surface area contributed by atoms with Crippen molar-refractivity contribution in [2.24, 2.45) is 0 Å². The number of aromatic nitrogens is 3. The summed E-state index contributed by atoms with van der Waals surface area (Å²) >= 11 is 11.8. The smallest absolute Gasteiger partial charge is 0.426 e. The molecule has 118 valence electrons. The highest BCUT2D eigenvalue weighted by molar-refractivity contribution is 6.42. The second-order valence-electron chi connectivity index (χ2n) is 5.39. The number of hydrazine groups is 1. The van der Waals surface area contributed by atoms with Crippen molar-refractivity contribution in [2.75, 3.05) is 5.43 Å². The van der Waals surface area contributed by atoms with Gasteiger partial charge in [-0.25, -0.2) is 10.2 Å². The van der Waals surface area contributed by atoms with E-state index in [2.05, 4.69) is 26.0 Å². The zero-order valence-electron chi connectivity index (χ0n) is 12.2. The molecule has 0 saturated carbocycles. The van der Waals surface area contributed by atoms with Gasteiger partial charge in [0, 0.05) is 5.56 Å². The number of anilines is 1. The first kappa shape index (κ1) is 16.4. The van der Waals surface area contributed by atoms with Gasteiger partial charge in [-0.2, -0.15) is 4.98 Å². The largest absolute Gasteiger partial charge is 0.443 e. The average molecular weight is 344 g/mol. The first-order valence-electron chi connectivity index (χ1n) is 6.37. The average Bonchev–Trinajstić information content (AvgIpc) is 2.86. The maximum absolute atomic E-state index is 11.5. The number of aromatic amines is 1. The second-order valence-corrected chi connectivity index (χ2v) is 6.20. The van der Waals surface area contributed by atoms with Gasteiger partial charge in [-0.15, -0.1) is 5.10 Å². The van der Waals surface area contributed by atoms with Crippen LogP contribution in [0, 0.1) is 0 Å². The molecule has 0 fully saturated rings. The highest BCUT2D eigenvalue weighted by Gasteiger charge is 2.16. The van der Waals surface area contributed by atoms with Gasteiger partial charge in [-0.1, -0.05) is 23.2 Å². The third kappa shape index (κ3) is 4.51. The molecular weight excluding hydrogens is 329 g/mol. The molecule has 3 N–H and O–H groups in total. The van der Waals surface area contributed by atoms with E-state index in [0.29, 0.717) is 21.4 Å². The lowest BCUT2D eigenvalue weighted by Gasteiger charge is -2.19. The Labute approximate surface area is 137 Å². The van der Waals surface area contributed by atoms with E-state index in [1.807, 2.05) is 0 Å². The van der Waals surface area contributed by atoms with Crippen molar-refractivity contribution in [1.82, 2.24) is 20.6 Å². The molecule has 0 aliphatic heterocycles. The van der Waals surface area contributed by atoms with Crippen LogP contribution in [-0.2, 0) is 4.74 Å². The van der Waals surface area contributed by atoms with E-state index in [4.69, 9.17) is 27.9 Å². The Morgan fingerprint density at radius 2 is 2.00 bits per heavy atom. The fourth-order valence-electron chi connectivity index (χ4n) is 1.50. The summed E-state index contributed by atoms with van der Waals surface area (Å²) in [6.45, 7) is 5.30. The molecule has 1 heterocycles. The van der Waals surface area contributed by atoms with Gasteiger partial charge in [-0.05, 0) is 39.0 Å². The Morgan fingerprint density at radius 1 is 1.27 bits per heavy atom. The lowest BCUT2D eigenvalue weighted by atomic mass is 10.2. The number of nitrogens with zero attached hydrogens (tertiary/aromatic N) is 2. The molecular formula is C13H15Cl2N5O2. The molecule has 1 aromatic heterocycles. The molecule has 0 unspecified atom stereocenters. The molecule has 22 heavy (non-hydrogen) atoms. The molecule has 2 rings (SSSR count). The number of carbonyl (C=O) groups is 1. The number of rotatable bonds is 3. The Morgan fingerprint density at radius 3 is 2.64 bits per heavy atom. The van der Waals surface area contributed by atoms with Crippen LogP contribution in [0.4, 0.5) is 10.7 Å². The number of nitrogens with one attached hydrogen (secondary N) is 3. The molecule has 1 aromatic carbocycles. The van der Waals surface area contributed by atoms with Crippen LogP contribution in [-0.4, -0.2) is 26.9 Å². The van der Waals surface area contributed by atoms with Gasteiger partial charge in [0.25, 0.3) is 5.95 Å². The van der Waals surface area contributed by atoms with E-state index in [-0.39, 0.29) is 5.95 Å². The molecule has 0 bridgehead atoms. The number of amides is 1. The van der Waals surface area contributed by atoms with Crippen LogP contribution in [0.3, 0.4) is 0 Å². The summed E-state index contributed by atoms with van der Waals surface area (Å²) in [7, 11) is 0. The topological polar surface area (TPSA) is 91.9 Å². The van der Waals surface area contributed by atoms with Crippen molar-refractivity contribution in [3.63, 3.8) is 0 Å². The third-order valence-electron chi connectivity index (χ3n) is 2.35. The zero-order valence-corrected chi connectivity index (χ0v) is 13.7. The first-order valence-corrected chi connectivity index (χ1v) is 7.13. The summed E-state index contributed by atoms with van der Waals surface area (Å²) in [5, 5.41) is 7.51. The molecule has 2 aromatic rings. The van der Waals surface area contributed by atoms with E-state index in [9.17, 15) is 4.79 Å². The number of ether oxygens (including phenoxy) is 1. The van der Waals surface area contributed by atoms with Crippen LogP contribution in [0.15, 0.2) is 18.2 Å². The van der Waals surface area contributed by atoms with Gasteiger partial charge < -0.3 is 4.74 Å². The van der Waals surface area contributed by atoms with E-state index in [1.54, 1.807) is 39.0 Å². The maximum atomic E-state index is 11.5. The molecule has 0 spiro atoms. The summed E-state index contributed by atoms with van der Waals surface area (Å²) < 4.78 is 5.07. The number of benzene rings is 1. The lowest BCUT2D eigenvalue weighted by Crippen LogP contribution is -2.36. The molecule has 0 aliphatic carbocycles. The van der Waals surface area contributed by atoms with Crippen LogP contribution in [0.1, 0.15) is 20.8 Å². The highest BCUT2D eigenvalue weighted by atomic mass is 35.5. The van der Waals surface area contributed by atoms with E-state index >= 15 is 0 Å². The van der Waals surface area contributed by atoms with E-state index in [1.165, 1.54) is 0 Å². The van der Waals surface area contributed by atoms with Gasteiger partial charge in [0.2, 0.25) is 0 Å². The monoisotopic (exact) mass is 343 g/mol. The normalized spacial score (nSPS) is 11.1. The Kier molecular flexibility index (Phi) is 4.77. The number of hydrogen-bond donors (Lipinski definition) is 3. The molecule has 1 amide bonds. The van der Waals surface area contributed by atoms with Crippen molar-refractivity contribution in [3.05, 3.63) is 28.2 Å². The molecule has 0 saturated heterocycles. The van der Waals surface area contributed by atoms with Crippen LogP contribution < -0.4 is 10.9 Å². The number of carbonyl (C=O) groups excluding carboxylic acids is 1. The van der Waals surface area contributed by atoms with Gasteiger partial charge in [0.1, 0.15) is 5.60 Å². The predicted molar refractivity (Wildman–Crippen MR) is 84.8 cm³/mol. The van der Waals surface area contributed by atoms with Crippen molar-refractivity contribution in [3.8, 4) is 11.4 Å². The number of H-pyrrole nitrogens is 1. The molecule has 0 radical (unpaired) electrons. The number of hydrogen-bond acceptors (Lipinski definition) is 5. The van der Waals surface area contributed by atoms with Gasteiger partial charge in [-0.3, -0.25) is 10.5 Å². The van der Waals surface area contributed by atoms with Gasteiger partial charge in [0.05, 0.1) is 10.0 Å². The number of halogens is 2. The van der Waals surface area contributed by atoms with Crippen molar-refractivity contribution < 1.29 is 9.53 Å². The lowest BCUT2D eigenvalue weighted by molar-refractivity contribution is 0.0540. The molecule has 0 atom stereocenters. The Balaban J connectivity index is 1.99. The van der Waals surface area contributed by atoms with Crippen molar-refractivity contribution in [2.45, 2.75) is 26.4 Å². The Bertz CT molecular complexity index is 681. The second kappa shape index (κ2) is 6.41.